The molecular weight excluding hydrogens is 358 g/mol. The van der Waals surface area contributed by atoms with E-state index in [-0.39, 0.29) is 13.2 Å². The van der Waals surface area contributed by atoms with Gasteiger partial charge in [-0.3, -0.25) is 9.59 Å². The van der Waals surface area contributed by atoms with E-state index in [1.165, 1.54) is 6.21 Å². The first-order valence-electron chi connectivity index (χ1n) is 7.68. The second-order valence-corrected chi connectivity index (χ2v) is 5.53. The molecule has 0 spiro atoms. The zero-order chi connectivity index (χ0) is 18.8. The summed E-state index contributed by atoms with van der Waals surface area (Å²) >= 11 is 5.76. The first kappa shape index (κ1) is 19.3. The van der Waals surface area contributed by atoms with Crippen molar-refractivity contribution in [3.8, 4) is 11.5 Å². The lowest BCUT2D eigenvalue weighted by Gasteiger charge is -2.07. The highest BCUT2D eigenvalue weighted by Crippen LogP contribution is 2.15. The van der Waals surface area contributed by atoms with E-state index in [1.807, 2.05) is 12.1 Å². The first-order chi connectivity index (χ1) is 12.6. The summed E-state index contributed by atoms with van der Waals surface area (Å²) in [6.45, 7) is -0.416. The third kappa shape index (κ3) is 6.82. The van der Waals surface area contributed by atoms with E-state index >= 15 is 0 Å². The number of methoxy groups -OCH3 is 1. The number of amides is 2. The van der Waals surface area contributed by atoms with Crippen molar-refractivity contribution in [1.29, 1.82) is 0 Å². The Kier molecular flexibility index (Phi) is 7.45. The van der Waals surface area contributed by atoms with Crippen LogP contribution in [0.2, 0.25) is 5.02 Å². The third-order valence-corrected chi connectivity index (χ3v) is 3.38. The molecule has 0 radical (unpaired) electrons. The first-order valence-corrected chi connectivity index (χ1v) is 8.05. The largest absolute Gasteiger partial charge is 0.497 e. The second-order valence-electron chi connectivity index (χ2n) is 5.09. The molecule has 7 nitrogen and oxygen atoms in total. The summed E-state index contributed by atoms with van der Waals surface area (Å²) in [5.41, 5.74) is 3.09. The fraction of sp³-hybridized carbons (Fsp3) is 0.167. The SMILES string of the molecule is COc1cccc(/C=N/NC(=O)CNC(=O)COc2ccc(Cl)cc2)c1. The van der Waals surface area contributed by atoms with E-state index in [0.29, 0.717) is 16.5 Å². The van der Waals surface area contributed by atoms with Gasteiger partial charge in [-0.1, -0.05) is 23.7 Å². The molecule has 0 aliphatic carbocycles. The van der Waals surface area contributed by atoms with Crippen LogP contribution in [0.15, 0.2) is 53.6 Å². The summed E-state index contributed by atoms with van der Waals surface area (Å²) in [6, 6.07) is 13.8. The highest BCUT2D eigenvalue weighted by atomic mass is 35.5. The molecule has 0 bridgehead atoms. The highest BCUT2D eigenvalue weighted by Gasteiger charge is 2.06. The van der Waals surface area contributed by atoms with Crippen LogP contribution in [0.1, 0.15) is 5.56 Å². The number of hydrazone groups is 1. The van der Waals surface area contributed by atoms with Gasteiger partial charge in [0.15, 0.2) is 6.61 Å². The van der Waals surface area contributed by atoms with Crippen molar-refractivity contribution in [2.75, 3.05) is 20.3 Å². The van der Waals surface area contributed by atoms with Crippen molar-refractivity contribution in [3.63, 3.8) is 0 Å². The number of ether oxygens (including phenoxy) is 2. The molecule has 136 valence electrons. The van der Waals surface area contributed by atoms with Crippen LogP contribution in [-0.4, -0.2) is 38.3 Å². The van der Waals surface area contributed by atoms with Gasteiger partial charge < -0.3 is 14.8 Å². The Bertz CT molecular complexity index is 778. The normalized spacial score (nSPS) is 10.4. The third-order valence-electron chi connectivity index (χ3n) is 3.13. The Hall–Kier alpha value is -3.06. The fourth-order valence-electron chi connectivity index (χ4n) is 1.85. The van der Waals surface area contributed by atoms with Gasteiger partial charge in [0, 0.05) is 5.02 Å². The number of benzene rings is 2. The van der Waals surface area contributed by atoms with E-state index in [2.05, 4.69) is 15.8 Å². The molecule has 0 unspecified atom stereocenters. The Morgan fingerprint density at radius 3 is 2.62 bits per heavy atom. The molecule has 0 aromatic heterocycles. The molecule has 0 saturated heterocycles. The van der Waals surface area contributed by atoms with Crippen molar-refractivity contribution in [2.24, 2.45) is 5.10 Å². The van der Waals surface area contributed by atoms with Gasteiger partial charge in [-0.15, -0.1) is 0 Å². The van der Waals surface area contributed by atoms with E-state index in [4.69, 9.17) is 21.1 Å². The van der Waals surface area contributed by atoms with Crippen molar-refractivity contribution >= 4 is 29.6 Å². The van der Waals surface area contributed by atoms with Gasteiger partial charge in [0.2, 0.25) is 0 Å². The van der Waals surface area contributed by atoms with Crippen LogP contribution in [0.4, 0.5) is 0 Å². The van der Waals surface area contributed by atoms with Crippen LogP contribution in [-0.2, 0) is 9.59 Å². The molecular formula is C18H18ClN3O4. The number of hydrogen-bond acceptors (Lipinski definition) is 5. The van der Waals surface area contributed by atoms with Gasteiger partial charge in [-0.25, -0.2) is 5.43 Å². The summed E-state index contributed by atoms with van der Waals surface area (Å²) in [5.74, 6) is 0.320. The zero-order valence-electron chi connectivity index (χ0n) is 14.1. The van der Waals surface area contributed by atoms with Crippen LogP contribution in [0.3, 0.4) is 0 Å². The Balaban J connectivity index is 1.68. The van der Waals surface area contributed by atoms with Gasteiger partial charge >= 0.3 is 0 Å². The molecule has 0 aliphatic heterocycles. The monoisotopic (exact) mass is 375 g/mol. The van der Waals surface area contributed by atoms with Gasteiger partial charge in [0.25, 0.3) is 11.8 Å². The Labute approximate surface area is 155 Å². The van der Waals surface area contributed by atoms with Gasteiger partial charge in [0.1, 0.15) is 11.5 Å². The molecule has 2 rings (SSSR count). The summed E-state index contributed by atoms with van der Waals surface area (Å²) in [4.78, 5) is 23.3. The molecule has 0 atom stereocenters. The minimum atomic E-state index is -0.455. The van der Waals surface area contributed by atoms with Gasteiger partial charge in [-0.05, 0) is 42.0 Å². The number of carbonyl (C=O) groups is 2. The maximum absolute atomic E-state index is 11.7. The number of rotatable bonds is 8. The number of halogens is 1. The molecule has 0 saturated carbocycles. The predicted octanol–water partition coefficient (Wildman–Crippen LogP) is 1.99. The molecule has 0 fully saturated rings. The van der Waals surface area contributed by atoms with Crippen LogP contribution < -0.4 is 20.2 Å². The second kappa shape index (κ2) is 10.0. The fourth-order valence-corrected chi connectivity index (χ4v) is 1.98. The van der Waals surface area contributed by atoms with Crippen molar-refractivity contribution < 1.29 is 19.1 Å². The number of nitrogens with zero attached hydrogens (tertiary/aromatic N) is 1. The molecule has 2 aromatic rings. The van der Waals surface area contributed by atoms with Crippen molar-refractivity contribution in [3.05, 3.63) is 59.1 Å². The molecule has 2 N–H and O–H groups in total. The van der Waals surface area contributed by atoms with Crippen LogP contribution in [0, 0.1) is 0 Å². The van der Waals surface area contributed by atoms with Crippen LogP contribution in [0.25, 0.3) is 0 Å². The number of carbonyl (C=O) groups excluding carboxylic acids is 2. The quantitative estimate of drug-likeness (QED) is 0.545. The Morgan fingerprint density at radius 1 is 1.12 bits per heavy atom. The predicted molar refractivity (Wildman–Crippen MR) is 98.7 cm³/mol. The van der Waals surface area contributed by atoms with Gasteiger partial charge in [-0.2, -0.15) is 5.10 Å². The number of hydrogen-bond donors (Lipinski definition) is 2. The molecule has 8 heteroatoms. The Morgan fingerprint density at radius 2 is 1.88 bits per heavy atom. The molecule has 26 heavy (non-hydrogen) atoms. The topological polar surface area (TPSA) is 89.0 Å². The van der Waals surface area contributed by atoms with E-state index < -0.39 is 11.8 Å². The maximum atomic E-state index is 11.7. The molecule has 2 aromatic carbocycles. The highest BCUT2D eigenvalue weighted by molar-refractivity contribution is 6.30. The van der Waals surface area contributed by atoms with Crippen LogP contribution >= 0.6 is 11.6 Å². The zero-order valence-corrected chi connectivity index (χ0v) is 14.8. The smallest absolute Gasteiger partial charge is 0.259 e. The van der Waals surface area contributed by atoms with E-state index in [1.54, 1.807) is 43.5 Å². The van der Waals surface area contributed by atoms with E-state index in [0.717, 1.165) is 5.56 Å². The average molecular weight is 376 g/mol. The standard InChI is InChI=1S/C18H18ClN3O4/c1-25-16-4-2-3-13(9-16)10-21-22-17(23)11-20-18(24)12-26-15-7-5-14(19)6-8-15/h2-10H,11-12H2,1H3,(H,20,24)(H,22,23)/b21-10+. The average Bonchev–Trinajstić information content (AvgIpc) is 2.66. The van der Waals surface area contributed by atoms with Crippen LogP contribution in [0.5, 0.6) is 11.5 Å². The minimum absolute atomic E-state index is 0.206. The summed E-state index contributed by atoms with van der Waals surface area (Å²) in [6.07, 6.45) is 1.48. The van der Waals surface area contributed by atoms with Gasteiger partial charge in [0.05, 0.1) is 19.9 Å². The van der Waals surface area contributed by atoms with E-state index in [9.17, 15) is 9.59 Å². The lowest BCUT2D eigenvalue weighted by atomic mass is 10.2. The maximum Gasteiger partial charge on any atom is 0.259 e. The lowest BCUT2D eigenvalue weighted by molar-refractivity contribution is -0.127. The molecule has 0 heterocycles. The minimum Gasteiger partial charge on any atom is -0.497 e. The van der Waals surface area contributed by atoms with Crippen molar-refractivity contribution in [2.45, 2.75) is 0 Å². The summed E-state index contributed by atoms with van der Waals surface area (Å²) in [5, 5.41) is 6.83. The summed E-state index contributed by atoms with van der Waals surface area (Å²) in [7, 11) is 1.57. The summed E-state index contributed by atoms with van der Waals surface area (Å²) < 4.78 is 10.4. The van der Waals surface area contributed by atoms with Crippen molar-refractivity contribution in [1.82, 2.24) is 10.7 Å². The molecule has 2 amide bonds. The molecule has 0 aliphatic rings. The number of nitrogens with one attached hydrogen (secondary N) is 2. The lowest BCUT2D eigenvalue weighted by Crippen LogP contribution is -2.37.